The van der Waals surface area contributed by atoms with Crippen molar-refractivity contribution in [1.29, 1.82) is 0 Å². The molecule has 0 saturated heterocycles. The monoisotopic (exact) mass is 437 g/mol. The van der Waals surface area contributed by atoms with Crippen LogP contribution in [0.25, 0.3) is 0 Å². The SMILES string of the molecule is COc1ccc(CSc2nnc(SCC(=O)Nc3ccccc3Cl)s2)cc1. The maximum absolute atomic E-state index is 12.1. The Bertz CT molecular complexity index is 903. The molecule has 3 aromatic rings. The Kier molecular flexibility index (Phi) is 7.40. The van der Waals surface area contributed by atoms with Gasteiger partial charge in [-0.2, -0.15) is 0 Å². The minimum Gasteiger partial charge on any atom is -0.497 e. The van der Waals surface area contributed by atoms with Crippen LogP contribution in [-0.2, 0) is 10.5 Å². The number of methoxy groups -OCH3 is 1. The highest BCUT2D eigenvalue weighted by Crippen LogP contribution is 2.31. The zero-order chi connectivity index (χ0) is 19.1. The third-order valence-corrected chi connectivity index (χ3v) is 6.97. The smallest absolute Gasteiger partial charge is 0.234 e. The Morgan fingerprint density at radius 3 is 2.52 bits per heavy atom. The number of hydrogen-bond donors (Lipinski definition) is 1. The fourth-order valence-electron chi connectivity index (χ4n) is 2.06. The van der Waals surface area contributed by atoms with Gasteiger partial charge in [0.25, 0.3) is 0 Å². The summed E-state index contributed by atoms with van der Waals surface area (Å²) in [6, 6.07) is 15.1. The van der Waals surface area contributed by atoms with Crippen LogP contribution in [-0.4, -0.2) is 29.0 Å². The standard InChI is InChI=1S/C18H16ClN3O2S3/c1-24-13-8-6-12(7-9-13)10-25-17-21-22-18(27-17)26-11-16(23)20-15-5-3-2-4-14(15)19/h2-9H,10-11H2,1H3,(H,20,23). The zero-order valence-electron chi connectivity index (χ0n) is 14.3. The van der Waals surface area contributed by atoms with Crippen molar-refractivity contribution in [2.24, 2.45) is 0 Å². The molecule has 3 rings (SSSR count). The van der Waals surface area contributed by atoms with Crippen molar-refractivity contribution in [1.82, 2.24) is 10.2 Å². The molecule has 0 atom stereocenters. The highest BCUT2D eigenvalue weighted by atomic mass is 35.5. The van der Waals surface area contributed by atoms with Crippen molar-refractivity contribution in [2.75, 3.05) is 18.2 Å². The van der Waals surface area contributed by atoms with Crippen LogP contribution in [0.5, 0.6) is 5.75 Å². The lowest BCUT2D eigenvalue weighted by Crippen LogP contribution is -2.14. The molecule has 0 fully saturated rings. The fraction of sp³-hybridized carbons (Fsp3) is 0.167. The minimum atomic E-state index is -0.129. The molecule has 140 valence electrons. The van der Waals surface area contributed by atoms with Crippen molar-refractivity contribution in [2.45, 2.75) is 14.4 Å². The molecular weight excluding hydrogens is 422 g/mol. The lowest BCUT2D eigenvalue weighted by molar-refractivity contribution is -0.113. The average molecular weight is 438 g/mol. The van der Waals surface area contributed by atoms with Gasteiger partial charge in [-0.05, 0) is 29.8 Å². The van der Waals surface area contributed by atoms with E-state index in [-0.39, 0.29) is 11.7 Å². The summed E-state index contributed by atoms with van der Waals surface area (Å²) in [5, 5.41) is 11.6. The van der Waals surface area contributed by atoms with Gasteiger partial charge >= 0.3 is 0 Å². The summed E-state index contributed by atoms with van der Waals surface area (Å²) < 4.78 is 6.80. The molecule has 27 heavy (non-hydrogen) atoms. The Hall–Kier alpha value is -1.74. The lowest BCUT2D eigenvalue weighted by Gasteiger charge is -2.05. The summed E-state index contributed by atoms with van der Waals surface area (Å²) in [5.41, 5.74) is 1.79. The van der Waals surface area contributed by atoms with Gasteiger partial charge in [0.05, 0.1) is 23.6 Å². The summed E-state index contributed by atoms with van der Waals surface area (Å²) in [6.45, 7) is 0. The molecule has 0 spiro atoms. The first-order valence-electron chi connectivity index (χ1n) is 7.90. The summed E-state index contributed by atoms with van der Waals surface area (Å²) in [4.78, 5) is 12.1. The number of thioether (sulfide) groups is 2. The van der Waals surface area contributed by atoms with Gasteiger partial charge in [0, 0.05) is 5.75 Å². The second kappa shape index (κ2) is 9.98. The number of nitrogens with zero attached hydrogens (tertiary/aromatic N) is 2. The Morgan fingerprint density at radius 2 is 1.81 bits per heavy atom. The Balaban J connectivity index is 1.46. The number of ether oxygens (including phenoxy) is 1. The van der Waals surface area contributed by atoms with Gasteiger partial charge in [0.15, 0.2) is 8.68 Å². The molecular formula is C18H16ClN3O2S3. The summed E-state index contributed by atoms with van der Waals surface area (Å²) in [7, 11) is 1.65. The largest absolute Gasteiger partial charge is 0.497 e. The third-order valence-electron chi connectivity index (χ3n) is 3.38. The second-order valence-electron chi connectivity index (χ2n) is 5.29. The number of amides is 1. The maximum atomic E-state index is 12.1. The van der Waals surface area contributed by atoms with Crippen molar-refractivity contribution >= 4 is 58.1 Å². The fourth-order valence-corrected chi connectivity index (χ4v) is 5.02. The highest BCUT2D eigenvalue weighted by molar-refractivity contribution is 8.03. The van der Waals surface area contributed by atoms with Crippen molar-refractivity contribution in [3.63, 3.8) is 0 Å². The topological polar surface area (TPSA) is 64.1 Å². The van der Waals surface area contributed by atoms with Crippen LogP contribution in [0.2, 0.25) is 5.02 Å². The number of rotatable bonds is 8. The number of aromatic nitrogens is 2. The molecule has 1 aromatic heterocycles. The van der Waals surface area contributed by atoms with E-state index in [1.165, 1.54) is 28.7 Å². The predicted molar refractivity (Wildman–Crippen MR) is 113 cm³/mol. The second-order valence-corrected chi connectivity index (χ2v) is 9.12. The first kappa shape index (κ1) is 20.0. The maximum Gasteiger partial charge on any atom is 0.234 e. The quantitative estimate of drug-likeness (QED) is 0.487. The van der Waals surface area contributed by atoms with Gasteiger partial charge in [0.2, 0.25) is 5.91 Å². The van der Waals surface area contributed by atoms with E-state index in [2.05, 4.69) is 15.5 Å². The first-order valence-corrected chi connectivity index (χ1v) is 11.1. The van der Waals surface area contributed by atoms with E-state index < -0.39 is 0 Å². The summed E-state index contributed by atoms with van der Waals surface area (Å²) in [6.07, 6.45) is 0. The molecule has 0 saturated carbocycles. The van der Waals surface area contributed by atoms with E-state index in [4.69, 9.17) is 16.3 Å². The van der Waals surface area contributed by atoms with Crippen LogP contribution < -0.4 is 10.1 Å². The van der Waals surface area contributed by atoms with Gasteiger partial charge < -0.3 is 10.1 Å². The number of anilines is 1. The van der Waals surface area contributed by atoms with Gasteiger partial charge in [-0.25, -0.2) is 0 Å². The third kappa shape index (κ3) is 6.14. The number of halogens is 1. The molecule has 1 N–H and O–H groups in total. The number of hydrogen-bond acceptors (Lipinski definition) is 7. The normalized spacial score (nSPS) is 10.6. The van der Waals surface area contributed by atoms with Gasteiger partial charge in [0.1, 0.15) is 5.75 Å². The number of benzene rings is 2. The van der Waals surface area contributed by atoms with Crippen molar-refractivity contribution in [3.8, 4) is 5.75 Å². The van der Waals surface area contributed by atoms with Crippen LogP contribution in [0.3, 0.4) is 0 Å². The number of nitrogens with one attached hydrogen (secondary N) is 1. The molecule has 1 amide bonds. The van der Waals surface area contributed by atoms with Gasteiger partial charge in [-0.15, -0.1) is 10.2 Å². The molecule has 0 radical (unpaired) electrons. The molecule has 0 aliphatic rings. The van der Waals surface area contributed by atoms with E-state index in [0.717, 1.165) is 20.2 Å². The predicted octanol–water partition coefficient (Wildman–Crippen LogP) is 5.22. The summed E-state index contributed by atoms with van der Waals surface area (Å²) >= 11 is 10.5. The first-order chi connectivity index (χ1) is 13.1. The van der Waals surface area contributed by atoms with Crippen LogP contribution in [0.4, 0.5) is 5.69 Å². The van der Waals surface area contributed by atoms with E-state index in [9.17, 15) is 4.79 Å². The molecule has 0 aliphatic heterocycles. The number of carbonyl (C=O) groups is 1. The van der Waals surface area contributed by atoms with Crippen molar-refractivity contribution < 1.29 is 9.53 Å². The van der Waals surface area contributed by atoms with E-state index in [1.54, 1.807) is 31.0 Å². The Labute approximate surface area is 174 Å². The molecule has 2 aromatic carbocycles. The van der Waals surface area contributed by atoms with Crippen LogP contribution in [0.15, 0.2) is 57.2 Å². The lowest BCUT2D eigenvalue weighted by atomic mass is 10.2. The van der Waals surface area contributed by atoms with E-state index in [0.29, 0.717) is 10.7 Å². The van der Waals surface area contributed by atoms with Gasteiger partial charge in [-0.3, -0.25) is 4.79 Å². The average Bonchev–Trinajstić information content (AvgIpc) is 3.15. The van der Waals surface area contributed by atoms with Crippen LogP contribution in [0, 0.1) is 0 Å². The molecule has 0 unspecified atom stereocenters. The molecule has 9 heteroatoms. The van der Waals surface area contributed by atoms with Gasteiger partial charge in [-0.1, -0.05) is 70.7 Å². The zero-order valence-corrected chi connectivity index (χ0v) is 17.6. The number of carbonyl (C=O) groups excluding carboxylic acids is 1. The molecule has 0 bridgehead atoms. The van der Waals surface area contributed by atoms with Crippen LogP contribution >= 0.6 is 46.5 Å². The molecule has 5 nitrogen and oxygen atoms in total. The number of para-hydroxylation sites is 1. The summed E-state index contributed by atoms with van der Waals surface area (Å²) in [5.74, 6) is 1.77. The van der Waals surface area contributed by atoms with Crippen molar-refractivity contribution in [3.05, 3.63) is 59.1 Å². The van der Waals surface area contributed by atoms with E-state index in [1.807, 2.05) is 36.4 Å². The van der Waals surface area contributed by atoms with Crippen LogP contribution in [0.1, 0.15) is 5.56 Å². The minimum absolute atomic E-state index is 0.129. The highest BCUT2D eigenvalue weighted by Gasteiger charge is 2.10. The molecule has 1 heterocycles. The Morgan fingerprint density at radius 1 is 1.11 bits per heavy atom. The van der Waals surface area contributed by atoms with E-state index >= 15 is 0 Å². The molecule has 0 aliphatic carbocycles.